The molecule has 0 aromatic heterocycles. The zero-order valence-electron chi connectivity index (χ0n) is 13.1. The van der Waals surface area contributed by atoms with Gasteiger partial charge in [-0.3, -0.25) is 4.79 Å². The summed E-state index contributed by atoms with van der Waals surface area (Å²) in [6.45, 7) is 3.83. The van der Waals surface area contributed by atoms with Crippen molar-refractivity contribution >= 4 is 17.5 Å². The van der Waals surface area contributed by atoms with Crippen molar-refractivity contribution in [3.8, 4) is 17.2 Å². The molecule has 5 nitrogen and oxygen atoms in total. The monoisotopic (exact) mass is 315 g/mol. The van der Waals surface area contributed by atoms with E-state index in [2.05, 4.69) is 5.32 Å². The lowest BCUT2D eigenvalue weighted by atomic mass is 10.0. The number of nitrogens with one attached hydrogen (secondary N) is 1. The van der Waals surface area contributed by atoms with E-state index < -0.39 is 5.54 Å². The molecule has 0 saturated carbocycles. The molecule has 1 rings (SSSR count). The molecule has 0 unspecified atom stereocenters. The van der Waals surface area contributed by atoms with E-state index in [0.717, 1.165) is 0 Å². The number of benzene rings is 1. The average molecular weight is 316 g/mol. The molecule has 0 fully saturated rings. The van der Waals surface area contributed by atoms with Crippen molar-refractivity contribution < 1.29 is 19.0 Å². The van der Waals surface area contributed by atoms with Crippen LogP contribution in [0.25, 0.3) is 0 Å². The van der Waals surface area contributed by atoms with Gasteiger partial charge in [-0.25, -0.2) is 0 Å². The lowest BCUT2D eigenvalue weighted by Gasteiger charge is -2.26. The smallest absolute Gasteiger partial charge is 0.255 e. The van der Waals surface area contributed by atoms with Gasteiger partial charge in [0.2, 0.25) is 0 Å². The van der Waals surface area contributed by atoms with E-state index in [-0.39, 0.29) is 5.91 Å². The number of hydrogen-bond donors (Lipinski definition) is 1. The van der Waals surface area contributed by atoms with Crippen molar-refractivity contribution in [1.29, 1.82) is 0 Å². The first-order valence-corrected chi connectivity index (χ1v) is 7.10. The number of alkyl halides is 1. The maximum atomic E-state index is 12.5. The molecule has 0 radical (unpaired) electrons. The normalized spacial score (nSPS) is 11.0. The molecule has 0 heterocycles. The molecule has 1 aromatic rings. The second-order valence-corrected chi connectivity index (χ2v) is 5.56. The number of carbonyl (C=O) groups excluding carboxylic acids is 1. The minimum Gasteiger partial charge on any atom is -0.496 e. The van der Waals surface area contributed by atoms with Crippen LogP contribution in [-0.4, -0.2) is 38.7 Å². The molecule has 6 heteroatoms. The number of ether oxygens (including phenoxy) is 3. The molecule has 0 saturated heterocycles. The number of rotatable bonds is 7. The van der Waals surface area contributed by atoms with Crippen LogP contribution >= 0.6 is 11.6 Å². The fourth-order valence-corrected chi connectivity index (χ4v) is 2.35. The van der Waals surface area contributed by atoms with E-state index in [9.17, 15) is 4.79 Å². The van der Waals surface area contributed by atoms with E-state index >= 15 is 0 Å². The van der Waals surface area contributed by atoms with Crippen molar-refractivity contribution in [3.05, 3.63) is 17.7 Å². The zero-order chi connectivity index (χ0) is 16.0. The van der Waals surface area contributed by atoms with Gasteiger partial charge in [-0.2, -0.15) is 0 Å². The van der Waals surface area contributed by atoms with Crippen molar-refractivity contribution in [3.63, 3.8) is 0 Å². The van der Waals surface area contributed by atoms with Crippen molar-refractivity contribution in [1.82, 2.24) is 5.32 Å². The summed E-state index contributed by atoms with van der Waals surface area (Å²) in [6, 6.07) is 3.23. The van der Waals surface area contributed by atoms with Gasteiger partial charge in [-0.1, -0.05) is 0 Å². The summed E-state index contributed by atoms with van der Waals surface area (Å²) in [5, 5.41) is 2.94. The molecule has 21 heavy (non-hydrogen) atoms. The van der Waals surface area contributed by atoms with Crippen LogP contribution in [0.4, 0.5) is 0 Å². The van der Waals surface area contributed by atoms with Gasteiger partial charge in [0.05, 0.1) is 26.9 Å². The standard InChI is InChI=1S/C15H22ClNO4/c1-15(2,6-7-16)17-14(18)10-8-12(20-4)13(21-5)9-11(10)19-3/h8-9H,6-7H2,1-5H3,(H,17,18). The highest BCUT2D eigenvalue weighted by molar-refractivity contribution is 6.17. The molecule has 0 atom stereocenters. The second-order valence-electron chi connectivity index (χ2n) is 5.18. The third-order valence-corrected chi connectivity index (χ3v) is 3.31. The predicted molar refractivity (Wildman–Crippen MR) is 83.0 cm³/mol. The molecule has 0 aliphatic rings. The first kappa shape index (κ1) is 17.4. The van der Waals surface area contributed by atoms with Crippen molar-refractivity contribution in [2.75, 3.05) is 27.2 Å². The van der Waals surface area contributed by atoms with Crippen molar-refractivity contribution in [2.24, 2.45) is 0 Å². The van der Waals surface area contributed by atoms with Gasteiger partial charge in [-0.15, -0.1) is 11.6 Å². The third kappa shape index (κ3) is 4.43. The Labute approximate surface area is 130 Å². The molecule has 1 N–H and O–H groups in total. The Morgan fingerprint density at radius 3 is 2.10 bits per heavy atom. The van der Waals surface area contributed by atoms with Crippen LogP contribution in [0.5, 0.6) is 17.2 Å². The minimum atomic E-state index is -0.406. The van der Waals surface area contributed by atoms with Gasteiger partial charge >= 0.3 is 0 Å². The first-order chi connectivity index (χ1) is 9.88. The Balaban J connectivity index is 3.13. The molecule has 1 aromatic carbocycles. The Bertz CT molecular complexity index is 503. The number of amides is 1. The molecule has 0 bridgehead atoms. The highest BCUT2D eigenvalue weighted by atomic mass is 35.5. The largest absolute Gasteiger partial charge is 0.496 e. The quantitative estimate of drug-likeness (QED) is 0.786. The van der Waals surface area contributed by atoms with E-state index in [0.29, 0.717) is 35.1 Å². The van der Waals surface area contributed by atoms with Gasteiger partial charge in [0.1, 0.15) is 5.75 Å². The fourth-order valence-electron chi connectivity index (χ4n) is 1.88. The van der Waals surface area contributed by atoms with Crippen molar-refractivity contribution in [2.45, 2.75) is 25.8 Å². The highest BCUT2D eigenvalue weighted by Gasteiger charge is 2.24. The Hall–Kier alpha value is -1.62. The number of halogens is 1. The molecular weight excluding hydrogens is 294 g/mol. The summed E-state index contributed by atoms with van der Waals surface area (Å²) in [4.78, 5) is 12.5. The van der Waals surface area contributed by atoms with E-state index in [1.165, 1.54) is 21.3 Å². The molecule has 118 valence electrons. The highest BCUT2D eigenvalue weighted by Crippen LogP contribution is 2.34. The molecule has 0 spiro atoms. The average Bonchev–Trinajstić information content (AvgIpc) is 2.44. The summed E-state index contributed by atoms with van der Waals surface area (Å²) in [5.74, 6) is 1.62. The van der Waals surface area contributed by atoms with E-state index in [1.807, 2.05) is 13.8 Å². The summed E-state index contributed by atoms with van der Waals surface area (Å²) in [5.41, 5.74) is -0.0189. The van der Waals surface area contributed by atoms with Gasteiger partial charge in [-0.05, 0) is 20.3 Å². The number of methoxy groups -OCH3 is 3. The summed E-state index contributed by atoms with van der Waals surface area (Å²) < 4.78 is 15.7. The fraction of sp³-hybridized carbons (Fsp3) is 0.533. The SMILES string of the molecule is COc1cc(OC)c(C(=O)NC(C)(C)CCCl)cc1OC. The molecular formula is C15H22ClNO4. The van der Waals surface area contributed by atoms with Crippen LogP contribution in [0, 0.1) is 0 Å². The number of carbonyl (C=O) groups is 1. The van der Waals surface area contributed by atoms with Crippen LogP contribution in [-0.2, 0) is 0 Å². The lowest BCUT2D eigenvalue weighted by Crippen LogP contribution is -2.43. The van der Waals surface area contributed by atoms with Gasteiger partial charge in [0, 0.05) is 23.6 Å². The summed E-state index contributed by atoms with van der Waals surface area (Å²) >= 11 is 5.75. The minimum absolute atomic E-state index is 0.247. The first-order valence-electron chi connectivity index (χ1n) is 6.57. The van der Waals surface area contributed by atoms with Gasteiger partial charge in [0.15, 0.2) is 11.5 Å². The van der Waals surface area contributed by atoms with E-state index in [1.54, 1.807) is 12.1 Å². The third-order valence-electron chi connectivity index (χ3n) is 3.12. The lowest BCUT2D eigenvalue weighted by molar-refractivity contribution is 0.0908. The zero-order valence-corrected chi connectivity index (χ0v) is 13.8. The number of hydrogen-bond acceptors (Lipinski definition) is 4. The maximum absolute atomic E-state index is 12.5. The van der Waals surface area contributed by atoms with E-state index in [4.69, 9.17) is 25.8 Å². The van der Waals surface area contributed by atoms with Crippen LogP contribution in [0.3, 0.4) is 0 Å². The van der Waals surface area contributed by atoms with Crippen LogP contribution in [0.2, 0.25) is 0 Å². The summed E-state index contributed by atoms with van der Waals surface area (Å²) in [6.07, 6.45) is 0.663. The Morgan fingerprint density at radius 2 is 1.62 bits per heavy atom. The maximum Gasteiger partial charge on any atom is 0.255 e. The predicted octanol–water partition coefficient (Wildman–Crippen LogP) is 2.85. The molecule has 0 aliphatic carbocycles. The van der Waals surface area contributed by atoms with Crippen LogP contribution < -0.4 is 19.5 Å². The topological polar surface area (TPSA) is 56.8 Å². The van der Waals surface area contributed by atoms with Crippen LogP contribution in [0.15, 0.2) is 12.1 Å². The summed E-state index contributed by atoms with van der Waals surface area (Å²) in [7, 11) is 4.55. The van der Waals surface area contributed by atoms with Crippen LogP contribution in [0.1, 0.15) is 30.6 Å². The Morgan fingerprint density at radius 1 is 1.10 bits per heavy atom. The van der Waals surface area contributed by atoms with Gasteiger partial charge < -0.3 is 19.5 Å². The second kappa shape index (κ2) is 7.41. The molecule has 0 aliphatic heterocycles. The van der Waals surface area contributed by atoms with Gasteiger partial charge in [0.25, 0.3) is 5.91 Å². The Kier molecular flexibility index (Phi) is 6.15. The molecule has 1 amide bonds.